The molecule has 0 bridgehead atoms. The van der Waals surface area contributed by atoms with Crippen molar-refractivity contribution >= 4 is 29.8 Å². The van der Waals surface area contributed by atoms with Crippen LogP contribution in [0, 0.1) is 11.8 Å². The average Bonchev–Trinajstić information content (AvgIpc) is 2.71. The van der Waals surface area contributed by atoms with E-state index >= 15 is 0 Å². The van der Waals surface area contributed by atoms with Gasteiger partial charge in [-0.25, -0.2) is 0 Å². The molecule has 0 atom stereocenters. The molecule has 0 saturated carbocycles. The summed E-state index contributed by atoms with van der Waals surface area (Å²) in [5, 5.41) is 0.924. The lowest BCUT2D eigenvalue weighted by Crippen LogP contribution is -1.78. The van der Waals surface area contributed by atoms with Crippen molar-refractivity contribution in [1.82, 2.24) is 4.98 Å². The van der Waals surface area contributed by atoms with Crippen LogP contribution in [-0.4, -0.2) is 17.0 Å². The second-order valence-electron chi connectivity index (χ2n) is 3.40. The number of rotatable bonds is 2. The van der Waals surface area contributed by atoms with Gasteiger partial charge >= 0.3 is 0 Å². The van der Waals surface area contributed by atoms with E-state index in [9.17, 15) is 4.79 Å². The van der Waals surface area contributed by atoms with Crippen LogP contribution in [0.3, 0.4) is 0 Å². The number of nitrogens with one attached hydrogen (secondary N) is 1. The smallest absolute Gasteiger partial charge is 0.152 e. The molecule has 0 aliphatic rings. The third-order valence-corrected chi connectivity index (χ3v) is 2.53. The molecule has 0 aliphatic heterocycles. The monoisotopic (exact) mass is 229 g/mol. The number of fused-ring (bicyclic) bond motifs is 1. The highest BCUT2D eigenvalue weighted by Gasteiger charge is 2.02. The van der Waals surface area contributed by atoms with Gasteiger partial charge in [-0.05, 0) is 18.2 Å². The molecular formula is C13H11NOS. The second-order valence-corrected chi connectivity index (χ2v) is 3.84. The van der Waals surface area contributed by atoms with Crippen molar-refractivity contribution in [3.05, 3.63) is 35.5 Å². The van der Waals surface area contributed by atoms with Gasteiger partial charge in [0.2, 0.25) is 0 Å². The van der Waals surface area contributed by atoms with Crippen molar-refractivity contribution in [2.75, 3.05) is 5.75 Å². The summed E-state index contributed by atoms with van der Waals surface area (Å²) in [6.07, 6.45) is 3.33. The van der Waals surface area contributed by atoms with Gasteiger partial charge in [-0.15, -0.1) is 0 Å². The fourth-order valence-corrected chi connectivity index (χ4v) is 1.65. The van der Waals surface area contributed by atoms with Crippen LogP contribution in [0.2, 0.25) is 0 Å². The summed E-state index contributed by atoms with van der Waals surface area (Å²) in [7, 11) is 0. The molecule has 80 valence electrons. The molecule has 1 aromatic carbocycles. The lowest BCUT2D eigenvalue weighted by molar-refractivity contribution is 0.112. The van der Waals surface area contributed by atoms with Gasteiger partial charge in [-0.2, -0.15) is 12.6 Å². The molecule has 3 heteroatoms. The van der Waals surface area contributed by atoms with E-state index in [-0.39, 0.29) is 0 Å². The summed E-state index contributed by atoms with van der Waals surface area (Å²) in [6.45, 7) is 0. The Morgan fingerprint density at radius 1 is 1.44 bits per heavy atom. The van der Waals surface area contributed by atoms with Crippen molar-refractivity contribution in [1.29, 1.82) is 0 Å². The number of aromatic amines is 1. The zero-order valence-corrected chi connectivity index (χ0v) is 9.55. The van der Waals surface area contributed by atoms with E-state index in [0.717, 1.165) is 34.9 Å². The molecule has 0 spiro atoms. The molecule has 2 rings (SSSR count). The minimum absolute atomic E-state index is 0.674. The molecule has 0 aliphatic carbocycles. The Morgan fingerprint density at radius 2 is 2.31 bits per heavy atom. The molecule has 16 heavy (non-hydrogen) atoms. The number of benzene rings is 1. The minimum atomic E-state index is 0.674. The first-order valence-electron chi connectivity index (χ1n) is 5.01. The van der Waals surface area contributed by atoms with Gasteiger partial charge in [-0.3, -0.25) is 4.79 Å². The Morgan fingerprint density at radius 3 is 3.06 bits per heavy atom. The number of H-pyrrole nitrogens is 1. The Bertz CT molecular complexity index is 574. The zero-order valence-electron chi connectivity index (χ0n) is 8.66. The number of hydrogen-bond donors (Lipinski definition) is 2. The van der Waals surface area contributed by atoms with Gasteiger partial charge in [0.15, 0.2) is 6.29 Å². The predicted molar refractivity (Wildman–Crippen MR) is 69.0 cm³/mol. The van der Waals surface area contributed by atoms with Crippen molar-refractivity contribution in [2.24, 2.45) is 0 Å². The highest BCUT2D eigenvalue weighted by molar-refractivity contribution is 7.80. The number of aromatic nitrogens is 1. The highest BCUT2D eigenvalue weighted by Crippen LogP contribution is 2.17. The van der Waals surface area contributed by atoms with E-state index < -0.39 is 0 Å². The third-order valence-electron chi connectivity index (χ3n) is 2.31. The number of aldehydes is 1. The molecular weight excluding hydrogens is 218 g/mol. The molecule has 0 amide bonds. The Hall–Kier alpha value is -1.66. The summed E-state index contributed by atoms with van der Waals surface area (Å²) < 4.78 is 0. The van der Waals surface area contributed by atoms with Crippen LogP contribution in [0.1, 0.15) is 22.3 Å². The average molecular weight is 229 g/mol. The number of carbonyl (C=O) groups excluding carboxylic acids is 1. The summed E-state index contributed by atoms with van der Waals surface area (Å²) in [5.74, 6) is 6.83. The maximum Gasteiger partial charge on any atom is 0.152 e. The van der Waals surface area contributed by atoms with E-state index in [1.807, 2.05) is 18.2 Å². The first-order valence-corrected chi connectivity index (χ1v) is 5.64. The van der Waals surface area contributed by atoms with Gasteiger partial charge in [0.05, 0.1) is 0 Å². The van der Waals surface area contributed by atoms with Crippen LogP contribution >= 0.6 is 12.6 Å². The number of hydrogen-bond acceptors (Lipinski definition) is 2. The Labute approximate surface area is 99.5 Å². The first kappa shape index (κ1) is 10.8. The molecule has 0 radical (unpaired) electrons. The number of thiol groups is 1. The van der Waals surface area contributed by atoms with Crippen molar-refractivity contribution in [3.8, 4) is 11.8 Å². The molecule has 2 aromatic rings. The molecule has 1 heterocycles. The molecule has 0 saturated heterocycles. The topological polar surface area (TPSA) is 32.9 Å². The van der Waals surface area contributed by atoms with E-state index in [1.54, 1.807) is 6.20 Å². The predicted octanol–water partition coefficient (Wildman–Crippen LogP) is 2.65. The van der Waals surface area contributed by atoms with Crippen molar-refractivity contribution < 1.29 is 4.79 Å². The van der Waals surface area contributed by atoms with Crippen molar-refractivity contribution in [3.63, 3.8) is 0 Å². The normalized spacial score (nSPS) is 9.81. The lowest BCUT2D eigenvalue weighted by Gasteiger charge is -1.93. The Kier molecular flexibility index (Phi) is 3.33. The standard InChI is InChI=1S/C13H11NOS/c15-9-11-8-14-13-5-4-10(7-12(11)13)3-1-2-6-16/h4-5,7-9,14,16H,2,6H2. The van der Waals surface area contributed by atoms with E-state index in [0.29, 0.717) is 5.56 Å². The maximum atomic E-state index is 10.8. The minimum Gasteiger partial charge on any atom is -0.360 e. The third kappa shape index (κ3) is 2.12. The summed E-state index contributed by atoms with van der Waals surface area (Å²) >= 11 is 4.09. The maximum absolute atomic E-state index is 10.8. The molecule has 1 N–H and O–H groups in total. The van der Waals surface area contributed by atoms with Gasteiger partial charge in [-0.1, -0.05) is 11.8 Å². The van der Waals surface area contributed by atoms with Crippen LogP contribution in [0.4, 0.5) is 0 Å². The summed E-state index contributed by atoms with van der Waals surface area (Å²) in [4.78, 5) is 13.8. The molecule has 2 nitrogen and oxygen atoms in total. The van der Waals surface area contributed by atoms with Gasteiger partial charge in [0, 0.05) is 40.4 Å². The van der Waals surface area contributed by atoms with Gasteiger partial charge in [0.25, 0.3) is 0 Å². The highest BCUT2D eigenvalue weighted by atomic mass is 32.1. The first-order chi connectivity index (χ1) is 7.85. The lowest BCUT2D eigenvalue weighted by atomic mass is 10.1. The van der Waals surface area contributed by atoms with E-state index in [2.05, 4.69) is 29.5 Å². The van der Waals surface area contributed by atoms with Gasteiger partial charge in [0.1, 0.15) is 0 Å². The zero-order chi connectivity index (χ0) is 11.4. The molecule has 1 aromatic heterocycles. The van der Waals surface area contributed by atoms with Crippen LogP contribution in [0.15, 0.2) is 24.4 Å². The SMILES string of the molecule is O=Cc1c[nH]c2ccc(C#CCCS)cc12. The Balaban J connectivity index is 2.43. The van der Waals surface area contributed by atoms with Crippen LogP contribution in [-0.2, 0) is 0 Å². The fourth-order valence-electron chi connectivity index (χ4n) is 1.54. The summed E-state index contributed by atoms with van der Waals surface area (Å²) in [6, 6.07) is 5.81. The second kappa shape index (κ2) is 4.91. The molecule has 0 unspecified atom stereocenters. The fraction of sp³-hybridized carbons (Fsp3) is 0.154. The quantitative estimate of drug-likeness (QED) is 0.463. The van der Waals surface area contributed by atoms with Crippen LogP contribution in [0.5, 0.6) is 0 Å². The van der Waals surface area contributed by atoms with E-state index in [4.69, 9.17) is 0 Å². The van der Waals surface area contributed by atoms with Gasteiger partial charge < -0.3 is 4.98 Å². The van der Waals surface area contributed by atoms with Crippen molar-refractivity contribution in [2.45, 2.75) is 6.42 Å². The van der Waals surface area contributed by atoms with Crippen LogP contribution in [0.25, 0.3) is 10.9 Å². The summed E-state index contributed by atoms with van der Waals surface area (Å²) in [5.41, 5.74) is 2.56. The largest absolute Gasteiger partial charge is 0.360 e. The van der Waals surface area contributed by atoms with Crippen LogP contribution < -0.4 is 0 Å². The number of carbonyl (C=O) groups is 1. The molecule has 0 fully saturated rings. The van der Waals surface area contributed by atoms with E-state index in [1.165, 1.54) is 0 Å².